The summed E-state index contributed by atoms with van der Waals surface area (Å²) in [5.74, 6) is 1.93. The Kier molecular flexibility index (Phi) is 8.26. The lowest BCUT2D eigenvalue weighted by molar-refractivity contribution is -0.121. The van der Waals surface area contributed by atoms with Crippen LogP contribution in [0.25, 0.3) is 0 Å². The fourth-order valence-corrected chi connectivity index (χ4v) is 3.36. The third-order valence-electron chi connectivity index (χ3n) is 5.31. The Hall–Kier alpha value is -1.55. The minimum Gasteiger partial charge on any atom is -0.497 e. The fraction of sp³-hybridized carbons (Fsp3) is 0.667. The second kappa shape index (κ2) is 10.4. The lowest BCUT2D eigenvalue weighted by Crippen LogP contribution is -2.45. The highest BCUT2D eigenvalue weighted by atomic mass is 16.5. The number of rotatable bonds is 9. The van der Waals surface area contributed by atoms with Gasteiger partial charge in [0.25, 0.3) is 0 Å². The van der Waals surface area contributed by atoms with Gasteiger partial charge in [-0.2, -0.15) is 0 Å². The molecule has 0 aromatic heterocycles. The molecule has 1 aliphatic heterocycles. The molecule has 1 atom stereocenters. The molecule has 1 fully saturated rings. The third kappa shape index (κ3) is 7.07. The van der Waals surface area contributed by atoms with Crippen molar-refractivity contribution >= 4 is 5.91 Å². The molecule has 140 valence electrons. The molecule has 1 aliphatic rings. The first-order chi connectivity index (χ1) is 12.1. The number of hydrogen-bond acceptors (Lipinski definition) is 3. The highest BCUT2D eigenvalue weighted by molar-refractivity contribution is 5.75. The number of benzene rings is 1. The lowest BCUT2D eigenvalue weighted by Gasteiger charge is -2.35. The number of unbranched alkanes of at least 4 members (excludes halogenated alkanes) is 1. The predicted octanol–water partition coefficient (Wildman–Crippen LogP) is 3.64. The standard InChI is InChI=1S/C21H34N2O2/c1-17-12-14-23(15-13-17)18(2)16-22-21(24)7-5-4-6-19-8-10-20(25-3)11-9-19/h8-11,17-18H,4-7,12-16H2,1-3H3,(H,22,24). The van der Waals surface area contributed by atoms with Gasteiger partial charge in [-0.3, -0.25) is 9.69 Å². The molecule has 1 aromatic carbocycles. The number of nitrogens with one attached hydrogen (secondary N) is 1. The van der Waals surface area contributed by atoms with Crippen molar-refractivity contribution in [3.63, 3.8) is 0 Å². The summed E-state index contributed by atoms with van der Waals surface area (Å²) in [6.07, 6.45) is 6.18. The van der Waals surface area contributed by atoms with Crippen LogP contribution in [0.5, 0.6) is 5.75 Å². The van der Waals surface area contributed by atoms with E-state index in [0.29, 0.717) is 12.5 Å². The second-order valence-corrected chi connectivity index (χ2v) is 7.43. The van der Waals surface area contributed by atoms with Gasteiger partial charge in [0.2, 0.25) is 5.91 Å². The minimum atomic E-state index is 0.187. The van der Waals surface area contributed by atoms with E-state index in [1.807, 2.05) is 12.1 Å². The van der Waals surface area contributed by atoms with Gasteiger partial charge < -0.3 is 10.1 Å². The quantitative estimate of drug-likeness (QED) is 0.694. The van der Waals surface area contributed by atoms with Crippen molar-refractivity contribution in [3.8, 4) is 5.75 Å². The van der Waals surface area contributed by atoms with Gasteiger partial charge in [-0.05, 0) is 75.7 Å². The Balaban J connectivity index is 1.55. The van der Waals surface area contributed by atoms with Crippen LogP contribution in [0.3, 0.4) is 0 Å². The molecule has 1 unspecified atom stereocenters. The highest BCUT2D eigenvalue weighted by Gasteiger charge is 2.20. The van der Waals surface area contributed by atoms with Crippen LogP contribution in [-0.2, 0) is 11.2 Å². The first-order valence-electron chi connectivity index (χ1n) is 9.72. The summed E-state index contributed by atoms with van der Waals surface area (Å²) >= 11 is 0. The van der Waals surface area contributed by atoms with E-state index in [2.05, 4.69) is 36.2 Å². The van der Waals surface area contributed by atoms with Crippen LogP contribution >= 0.6 is 0 Å². The van der Waals surface area contributed by atoms with Crippen molar-refractivity contribution < 1.29 is 9.53 Å². The number of hydrogen-bond donors (Lipinski definition) is 1. The van der Waals surface area contributed by atoms with Crippen LogP contribution in [-0.4, -0.2) is 43.6 Å². The van der Waals surface area contributed by atoms with Crippen molar-refractivity contribution in [2.75, 3.05) is 26.7 Å². The van der Waals surface area contributed by atoms with Gasteiger partial charge in [0.15, 0.2) is 0 Å². The number of carbonyl (C=O) groups is 1. The molecule has 0 saturated carbocycles. The Bertz CT molecular complexity index is 507. The van der Waals surface area contributed by atoms with Crippen molar-refractivity contribution in [2.24, 2.45) is 5.92 Å². The number of likely N-dealkylation sites (tertiary alicyclic amines) is 1. The molecule has 1 saturated heterocycles. The topological polar surface area (TPSA) is 41.6 Å². The molecule has 0 aliphatic carbocycles. The van der Waals surface area contributed by atoms with E-state index in [-0.39, 0.29) is 5.91 Å². The van der Waals surface area contributed by atoms with E-state index >= 15 is 0 Å². The molecule has 0 radical (unpaired) electrons. The number of amides is 1. The summed E-state index contributed by atoms with van der Waals surface area (Å²) in [5.41, 5.74) is 1.30. The summed E-state index contributed by atoms with van der Waals surface area (Å²) in [6, 6.07) is 8.62. The number of aryl methyl sites for hydroxylation is 1. The predicted molar refractivity (Wildman–Crippen MR) is 103 cm³/mol. The second-order valence-electron chi connectivity index (χ2n) is 7.43. The molecule has 1 amide bonds. The average molecular weight is 347 g/mol. The van der Waals surface area contributed by atoms with Crippen LogP contribution in [0.15, 0.2) is 24.3 Å². The average Bonchev–Trinajstić information content (AvgIpc) is 2.64. The molecule has 25 heavy (non-hydrogen) atoms. The van der Waals surface area contributed by atoms with E-state index in [1.54, 1.807) is 7.11 Å². The SMILES string of the molecule is COc1ccc(CCCCC(=O)NCC(C)N2CCC(C)CC2)cc1. The number of methoxy groups -OCH3 is 1. The van der Waals surface area contributed by atoms with Gasteiger partial charge in [-0.1, -0.05) is 19.1 Å². The lowest BCUT2D eigenvalue weighted by atomic mass is 9.98. The first-order valence-corrected chi connectivity index (χ1v) is 9.72. The molecule has 1 heterocycles. The van der Waals surface area contributed by atoms with Gasteiger partial charge in [-0.15, -0.1) is 0 Å². The number of piperidine rings is 1. The van der Waals surface area contributed by atoms with Crippen LogP contribution in [0.2, 0.25) is 0 Å². The van der Waals surface area contributed by atoms with Crippen molar-refractivity contribution in [2.45, 2.75) is 58.4 Å². The van der Waals surface area contributed by atoms with Crippen molar-refractivity contribution in [1.29, 1.82) is 0 Å². The molecule has 1 N–H and O–H groups in total. The maximum atomic E-state index is 12.0. The van der Waals surface area contributed by atoms with Gasteiger partial charge in [0.05, 0.1) is 7.11 Å². The van der Waals surface area contributed by atoms with Crippen LogP contribution < -0.4 is 10.1 Å². The van der Waals surface area contributed by atoms with Crippen LogP contribution in [0.4, 0.5) is 0 Å². The van der Waals surface area contributed by atoms with Gasteiger partial charge in [0, 0.05) is 19.0 Å². The monoisotopic (exact) mass is 346 g/mol. The minimum absolute atomic E-state index is 0.187. The maximum Gasteiger partial charge on any atom is 0.220 e. The normalized spacial score (nSPS) is 17.2. The van der Waals surface area contributed by atoms with Crippen LogP contribution in [0, 0.1) is 5.92 Å². The molecule has 1 aromatic rings. The van der Waals surface area contributed by atoms with Crippen molar-refractivity contribution in [1.82, 2.24) is 10.2 Å². The third-order valence-corrected chi connectivity index (χ3v) is 5.31. The number of ether oxygens (including phenoxy) is 1. The smallest absolute Gasteiger partial charge is 0.220 e. The maximum absolute atomic E-state index is 12.0. The van der Waals surface area contributed by atoms with E-state index in [9.17, 15) is 4.79 Å². The van der Waals surface area contributed by atoms with Gasteiger partial charge in [0.1, 0.15) is 5.75 Å². The molecule has 4 nitrogen and oxygen atoms in total. The Morgan fingerprint density at radius 1 is 1.24 bits per heavy atom. The molecule has 0 bridgehead atoms. The van der Waals surface area contributed by atoms with Crippen molar-refractivity contribution in [3.05, 3.63) is 29.8 Å². The summed E-state index contributed by atoms with van der Waals surface area (Å²) in [5, 5.41) is 3.11. The zero-order valence-electron chi connectivity index (χ0n) is 16.1. The highest BCUT2D eigenvalue weighted by Crippen LogP contribution is 2.17. The van der Waals surface area contributed by atoms with E-state index in [4.69, 9.17) is 4.74 Å². The molecule has 4 heteroatoms. The molecular weight excluding hydrogens is 312 g/mol. The largest absolute Gasteiger partial charge is 0.497 e. The Morgan fingerprint density at radius 2 is 1.92 bits per heavy atom. The molecule has 0 spiro atoms. The fourth-order valence-electron chi connectivity index (χ4n) is 3.36. The van der Waals surface area contributed by atoms with Gasteiger partial charge in [-0.25, -0.2) is 0 Å². The summed E-state index contributed by atoms with van der Waals surface area (Å²) < 4.78 is 5.17. The molecular formula is C21H34N2O2. The number of carbonyl (C=O) groups excluding carboxylic acids is 1. The van der Waals surface area contributed by atoms with E-state index < -0.39 is 0 Å². The van der Waals surface area contributed by atoms with E-state index in [0.717, 1.165) is 37.5 Å². The number of nitrogens with zero attached hydrogens (tertiary/aromatic N) is 1. The van der Waals surface area contributed by atoms with Crippen LogP contribution in [0.1, 0.15) is 51.5 Å². The summed E-state index contributed by atoms with van der Waals surface area (Å²) in [7, 11) is 1.68. The Labute approximate surface area is 152 Å². The van der Waals surface area contributed by atoms with Gasteiger partial charge >= 0.3 is 0 Å². The molecule has 2 rings (SSSR count). The zero-order valence-corrected chi connectivity index (χ0v) is 16.1. The zero-order chi connectivity index (χ0) is 18.1. The Morgan fingerprint density at radius 3 is 2.56 bits per heavy atom. The summed E-state index contributed by atoms with van der Waals surface area (Å²) in [6.45, 7) is 7.65. The van der Waals surface area contributed by atoms with E-state index in [1.165, 1.54) is 31.5 Å². The summed E-state index contributed by atoms with van der Waals surface area (Å²) in [4.78, 5) is 14.5. The first kappa shape index (κ1) is 19.8.